The predicted molar refractivity (Wildman–Crippen MR) is 89.0 cm³/mol. The zero-order valence-electron chi connectivity index (χ0n) is 13.6. The molecule has 128 valence electrons. The fourth-order valence-electron chi connectivity index (χ4n) is 3.19. The molecule has 1 aliphatic rings. The number of rotatable bonds is 6. The van der Waals surface area contributed by atoms with Gasteiger partial charge in [-0.2, -0.15) is 0 Å². The second-order valence-electron chi connectivity index (χ2n) is 6.29. The van der Waals surface area contributed by atoms with Crippen LogP contribution in [-0.4, -0.2) is 46.8 Å². The highest BCUT2D eigenvalue weighted by Crippen LogP contribution is 2.19. The number of carbonyl (C=O) groups excluding carboxylic acids is 1. The number of aliphatic hydroxyl groups is 1. The molecule has 0 aliphatic carbocycles. The Kier molecular flexibility index (Phi) is 5.61. The van der Waals surface area contributed by atoms with Crippen molar-refractivity contribution in [3.8, 4) is 0 Å². The molecule has 2 N–H and O–H groups in total. The zero-order chi connectivity index (χ0) is 16.8. The van der Waals surface area contributed by atoms with Crippen molar-refractivity contribution in [1.29, 1.82) is 0 Å². The summed E-state index contributed by atoms with van der Waals surface area (Å²) in [5.41, 5.74) is 1.87. The van der Waals surface area contributed by atoms with E-state index in [0.717, 1.165) is 26.1 Å². The van der Waals surface area contributed by atoms with E-state index in [0.29, 0.717) is 5.69 Å². The molecule has 2 heterocycles. The van der Waals surface area contributed by atoms with Crippen LogP contribution in [0.25, 0.3) is 0 Å². The Labute approximate surface area is 141 Å². The van der Waals surface area contributed by atoms with Gasteiger partial charge in [-0.25, -0.2) is 0 Å². The van der Waals surface area contributed by atoms with Crippen molar-refractivity contribution in [2.45, 2.75) is 25.4 Å². The van der Waals surface area contributed by atoms with E-state index in [9.17, 15) is 9.90 Å². The lowest BCUT2D eigenvalue weighted by Gasteiger charge is -2.38. The van der Waals surface area contributed by atoms with Gasteiger partial charge in [0.25, 0.3) is 0 Å². The normalized spacial score (nSPS) is 21.5. The highest BCUT2D eigenvalue weighted by atomic mass is 16.5. The number of likely N-dealkylation sites (tertiary alicyclic amines) is 1. The van der Waals surface area contributed by atoms with Crippen LogP contribution in [0.5, 0.6) is 0 Å². The first kappa shape index (κ1) is 16.7. The fraction of sp³-hybridized carbons (Fsp3) is 0.444. The van der Waals surface area contributed by atoms with Gasteiger partial charge in [-0.15, -0.1) is 0 Å². The molecular formula is C18H23N3O3. The highest BCUT2D eigenvalue weighted by Gasteiger charge is 2.30. The number of hydrogen-bond donors (Lipinski definition) is 2. The zero-order valence-corrected chi connectivity index (χ0v) is 13.6. The number of aliphatic hydroxyl groups excluding tert-OH is 1. The standard InChI is InChI=1S/C18H23N3O3/c22-13-15-6-8-21(11-14-4-2-1-3-5-14)12-17(15)19-18(23)10-16-7-9-24-20-16/h1-5,7,9,15,17,22H,6,8,10-13H2,(H,19,23)/t15-,17-/m0/s1. The van der Waals surface area contributed by atoms with Crippen molar-refractivity contribution in [2.75, 3.05) is 19.7 Å². The van der Waals surface area contributed by atoms with E-state index in [1.807, 2.05) is 18.2 Å². The molecule has 0 unspecified atom stereocenters. The lowest BCUT2D eigenvalue weighted by Crippen LogP contribution is -2.53. The number of hydrogen-bond acceptors (Lipinski definition) is 5. The molecule has 1 aliphatic heterocycles. The van der Waals surface area contributed by atoms with Crippen LogP contribution in [0.1, 0.15) is 17.7 Å². The first-order valence-corrected chi connectivity index (χ1v) is 8.30. The number of nitrogens with one attached hydrogen (secondary N) is 1. The molecule has 0 saturated carbocycles. The molecule has 24 heavy (non-hydrogen) atoms. The molecule has 1 fully saturated rings. The Morgan fingerprint density at radius 3 is 2.88 bits per heavy atom. The van der Waals surface area contributed by atoms with E-state index in [1.54, 1.807) is 6.07 Å². The van der Waals surface area contributed by atoms with Gasteiger partial charge in [0.05, 0.1) is 12.1 Å². The van der Waals surface area contributed by atoms with Gasteiger partial charge in [0.15, 0.2) is 0 Å². The molecule has 6 heteroatoms. The maximum atomic E-state index is 12.2. The van der Waals surface area contributed by atoms with Gasteiger partial charge >= 0.3 is 0 Å². The summed E-state index contributed by atoms with van der Waals surface area (Å²) in [4.78, 5) is 14.5. The van der Waals surface area contributed by atoms with Crippen LogP contribution in [-0.2, 0) is 17.8 Å². The molecule has 6 nitrogen and oxygen atoms in total. The average Bonchev–Trinajstić information content (AvgIpc) is 3.09. The third-order valence-electron chi connectivity index (χ3n) is 4.50. The maximum Gasteiger partial charge on any atom is 0.226 e. The van der Waals surface area contributed by atoms with Crippen LogP contribution in [0.4, 0.5) is 0 Å². The quantitative estimate of drug-likeness (QED) is 0.833. The Hall–Kier alpha value is -2.18. The van der Waals surface area contributed by atoms with Gasteiger partial charge in [-0.3, -0.25) is 9.69 Å². The number of piperidine rings is 1. The lowest BCUT2D eigenvalue weighted by atomic mass is 9.91. The van der Waals surface area contributed by atoms with E-state index < -0.39 is 0 Å². The minimum absolute atomic E-state index is 0.0492. The smallest absolute Gasteiger partial charge is 0.226 e. The van der Waals surface area contributed by atoms with E-state index in [4.69, 9.17) is 4.52 Å². The molecule has 0 radical (unpaired) electrons. The van der Waals surface area contributed by atoms with Crippen LogP contribution in [0.3, 0.4) is 0 Å². The van der Waals surface area contributed by atoms with Gasteiger partial charge in [0.1, 0.15) is 6.26 Å². The first-order chi connectivity index (χ1) is 11.7. The van der Waals surface area contributed by atoms with Crippen LogP contribution in [0.2, 0.25) is 0 Å². The van der Waals surface area contributed by atoms with E-state index in [-0.39, 0.29) is 30.9 Å². The molecule has 1 aromatic heterocycles. The fourth-order valence-corrected chi connectivity index (χ4v) is 3.19. The number of aromatic nitrogens is 1. The molecule has 3 rings (SSSR count). The molecule has 2 atom stereocenters. The van der Waals surface area contributed by atoms with E-state index in [1.165, 1.54) is 11.8 Å². The van der Waals surface area contributed by atoms with Crippen LogP contribution < -0.4 is 5.32 Å². The van der Waals surface area contributed by atoms with Crippen molar-refractivity contribution in [3.63, 3.8) is 0 Å². The molecule has 1 saturated heterocycles. The molecular weight excluding hydrogens is 306 g/mol. The van der Waals surface area contributed by atoms with Gasteiger partial charge in [-0.05, 0) is 18.5 Å². The van der Waals surface area contributed by atoms with Crippen molar-refractivity contribution in [2.24, 2.45) is 5.92 Å². The topological polar surface area (TPSA) is 78.6 Å². The van der Waals surface area contributed by atoms with Crippen LogP contribution in [0, 0.1) is 5.92 Å². The summed E-state index contributed by atoms with van der Waals surface area (Å²) in [6, 6.07) is 11.9. The Morgan fingerprint density at radius 1 is 1.33 bits per heavy atom. The summed E-state index contributed by atoms with van der Waals surface area (Å²) in [6.07, 6.45) is 2.53. The monoisotopic (exact) mass is 329 g/mol. The van der Waals surface area contributed by atoms with Gasteiger partial charge < -0.3 is 14.9 Å². The van der Waals surface area contributed by atoms with Crippen LogP contribution in [0.15, 0.2) is 47.2 Å². The summed E-state index contributed by atoms with van der Waals surface area (Å²) < 4.78 is 4.75. The molecule has 0 spiro atoms. The van der Waals surface area contributed by atoms with Crippen molar-refractivity contribution < 1.29 is 14.4 Å². The Balaban J connectivity index is 1.57. The Bertz CT molecular complexity index is 630. The largest absolute Gasteiger partial charge is 0.396 e. The van der Waals surface area contributed by atoms with Gasteiger partial charge in [0.2, 0.25) is 5.91 Å². The first-order valence-electron chi connectivity index (χ1n) is 8.30. The minimum atomic E-state index is -0.0890. The third-order valence-corrected chi connectivity index (χ3v) is 4.50. The van der Waals surface area contributed by atoms with Crippen LogP contribution >= 0.6 is 0 Å². The number of amides is 1. The summed E-state index contributed by atoms with van der Waals surface area (Å²) in [5.74, 6) is 0.00666. The highest BCUT2D eigenvalue weighted by molar-refractivity contribution is 5.78. The molecule has 1 amide bonds. The van der Waals surface area contributed by atoms with Gasteiger partial charge in [0, 0.05) is 37.7 Å². The number of nitrogens with zero attached hydrogens (tertiary/aromatic N) is 2. The second kappa shape index (κ2) is 8.08. The molecule has 0 bridgehead atoms. The van der Waals surface area contributed by atoms with Crippen molar-refractivity contribution in [3.05, 3.63) is 53.9 Å². The summed E-state index contributed by atoms with van der Waals surface area (Å²) in [6.45, 7) is 2.61. The number of benzene rings is 1. The number of carbonyl (C=O) groups is 1. The third kappa shape index (κ3) is 4.43. The second-order valence-corrected chi connectivity index (χ2v) is 6.29. The minimum Gasteiger partial charge on any atom is -0.396 e. The van der Waals surface area contributed by atoms with E-state index in [2.05, 4.69) is 27.5 Å². The molecule has 2 aromatic rings. The molecule has 1 aromatic carbocycles. The predicted octanol–water partition coefficient (Wildman–Crippen LogP) is 1.22. The van der Waals surface area contributed by atoms with Gasteiger partial charge in [-0.1, -0.05) is 35.5 Å². The summed E-state index contributed by atoms with van der Waals surface area (Å²) in [7, 11) is 0. The average molecular weight is 329 g/mol. The maximum absolute atomic E-state index is 12.2. The summed E-state index contributed by atoms with van der Waals surface area (Å²) >= 11 is 0. The Morgan fingerprint density at radius 2 is 2.17 bits per heavy atom. The summed E-state index contributed by atoms with van der Waals surface area (Å²) in [5, 5.41) is 16.4. The van der Waals surface area contributed by atoms with Crippen molar-refractivity contribution >= 4 is 5.91 Å². The van der Waals surface area contributed by atoms with E-state index >= 15 is 0 Å². The SMILES string of the molecule is O=C(Cc1ccon1)N[C@H]1CN(Cc2ccccc2)CC[C@H]1CO. The lowest BCUT2D eigenvalue weighted by molar-refractivity contribution is -0.122. The van der Waals surface area contributed by atoms with Crippen molar-refractivity contribution in [1.82, 2.24) is 15.4 Å².